The zero-order chi connectivity index (χ0) is 20.4. The highest BCUT2D eigenvalue weighted by Gasteiger charge is 2.40. The second-order valence-corrected chi connectivity index (χ2v) is 5.85. The lowest BCUT2D eigenvalue weighted by Crippen LogP contribution is -2.24. The zero-order valence-electron chi connectivity index (χ0n) is 14.5. The van der Waals surface area contributed by atoms with Gasteiger partial charge in [0, 0.05) is 0 Å². The van der Waals surface area contributed by atoms with E-state index >= 15 is 0 Å². The molecule has 4 N–H and O–H groups in total. The van der Waals surface area contributed by atoms with Crippen LogP contribution in [-0.4, -0.2) is 46.9 Å². The van der Waals surface area contributed by atoms with Gasteiger partial charge in [-0.25, -0.2) is 9.18 Å². The van der Waals surface area contributed by atoms with Crippen LogP contribution in [0.5, 0.6) is 5.75 Å². The second-order valence-electron chi connectivity index (χ2n) is 5.85. The normalized spacial score (nSPS) is 18.9. The monoisotopic (exact) mass is 389 g/mol. The van der Waals surface area contributed by atoms with Gasteiger partial charge in [-0.1, -0.05) is 18.2 Å². The number of carboxylic acid groups (broad SMARTS) is 1. The van der Waals surface area contributed by atoms with E-state index in [4.69, 9.17) is 9.84 Å². The highest BCUT2D eigenvalue weighted by Crippen LogP contribution is 2.29. The Bertz CT molecular complexity index is 973. The van der Waals surface area contributed by atoms with Gasteiger partial charge in [-0.05, 0) is 35.4 Å². The molecule has 1 heterocycles. The number of carbonyl (C=O) groups excluding carboxylic acids is 1. The van der Waals surface area contributed by atoms with Crippen LogP contribution in [0.2, 0.25) is 0 Å². The van der Waals surface area contributed by atoms with E-state index in [-0.39, 0.29) is 5.69 Å². The Kier molecular flexibility index (Phi) is 5.41. The maximum atomic E-state index is 14.5. The number of anilines is 1. The predicted octanol–water partition coefficient (Wildman–Crippen LogP) is 1.49. The summed E-state index contributed by atoms with van der Waals surface area (Å²) in [6, 6.07) is 11.0. The number of carbonyl (C=O) groups is 2. The molecule has 2 aromatic carbocycles. The Morgan fingerprint density at radius 3 is 2.39 bits per heavy atom. The van der Waals surface area contributed by atoms with Crippen LogP contribution in [0.1, 0.15) is 0 Å². The molecule has 0 radical (unpaired) electrons. The van der Waals surface area contributed by atoms with Crippen molar-refractivity contribution < 1.29 is 38.8 Å². The van der Waals surface area contributed by atoms with Crippen LogP contribution in [0.3, 0.4) is 0 Å². The molecular weight excluding hydrogens is 373 g/mol. The van der Waals surface area contributed by atoms with Crippen LogP contribution in [0.15, 0.2) is 53.6 Å². The summed E-state index contributed by atoms with van der Waals surface area (Å²) in [4.78, 5) is 23.5. The summed E-state index contributed by atoms with van der Waals surface area (Å²) in [6.45, 7) is 0. The zero-order valence-corrected chi connectivity index (χ0v) is 14.5. The molecule has 0 aliphatic carbocycles. The minimum atomic E-state index is -1.96. The van der Waals surface area contributed by atoms with Crippen LogP contribution >= 0.6 is 0 Å². The minimum Gasteiger partial charge on any atom is -0.497 e. The molecule has 0 aromatic heterocycles. The first-order chi connectivity index (χ1) is 13.3. The van der Waals surface area contributed by atoms with Gasteiger partial charge in [0.2, 0.25) is 0 Å². The molecule has 8 nitrogen and oxygen atoms in total. The van der Waals surface area contributed by atoms with E-state index in [0.29, 0.717) is 16.9 Å². The quantitative estimate of drug-likeness (QED) is 0.610. The standard InChI is InChI=1S/C19H16FNO7/c1-27-11-4-2-3-9(7-11)10-5-6-13(12(20)8-10)21-16(22)14-15(17(23)24)19(26)28-18(14)25/h2-8,18-19,25-26H,1H3,(H,21,22)(H,23,24). The number of methoxy groups -OCH3 is 1. The smallest absolute Gasteiger partial charge is 0.337 e. The average Bonchev–Trinajstić information content (AvgIpc) is 2.97. The number of ether oxygens (including phenoxy) is 2. The number of halogens is 1. The summed E-state index contributed by atoms with van der Waals surface area (Å²) in [6.07, 6.45) is -3.91. The SMILES string of the molecule is COc1cccc(-c2ccc(NC(=O)C3=C(C(=O)O)C(O)OC3O)c(F)c2)c1. The fraction of sp³-hybridized carbons (Fsp3) is 0.158. The molecule has 28 heavy (non-hydrogen) atoms. The van der Waals surface area contributed by atoms with Crippen LogP contribution in [0.4, 0.5) is 10.1 Å². The summed E-state index contributed by atoms with van der Waals surface area (Å²) in [5, 5.41) is 30.4. The number of nitrogens with one attached hydrogen (secondary N) is 1. The Morgan fingerprint density at radius 1 is 1.07 bits per heavy atom. The number of hydrogen-bond acceptors (Lipinski definition) is 6. The van der Waals surface area contributed by atoms with E-state index in [9.17, 15) is 24.2 Å². The molecule has 9 heteroatoms. The van der Waals surface area contributed by atoms with E-state index in [1.165, 1.54) is 19.2 Å². The highest BCUT2D eigenvalue weighted by molar-refractivity contribution is 6.10. The Hall–Kier alpha value is -3.27. The first-order valence-corrected chi connectivity index (χ1v) is 8.06. The maximum absolute atomic E-state index is 14.5. The van der Waals surface area contributed by atoms with Gasteiger partial charge in [0.05, 0.1) is 18.4 Å². The van der Waals surface area contributed by atoms with Crippen LogP contribution in [0, 0.1) is 5.82 Å². The lowest BCUT2D eigenvalue weighted by molar-refractivity contribution is -0.160. The largest absolute Gasteiger partial charge is 0.497 e. The maximum Gasteiger partial charge on any atom is 0.337 e. The summed E-state index contributed by atoms with van der Waals surface area (Å²) >= 11 is 0. The van der Waals surface area contributed by atoms with E-state index < -0.39 is 41.4 Å². The summed E-state index contributed by atoms with van der Waals surface area (Å²) in [7, 11) is 1.51. The number of aliphatic hydroxyl groups is 2. The third-order valence-electron chi connectivity index (χ3n) is 4.14. The van der Waals surface area contributed by atoms with Crippen molar-refractivity contribution in [3.05, 3.63) is 59.4 Å². The molecule has 0 fully saturated rings. The van der Waals surface area contributed by atoms with E-state index in [1.807, 2.05) is 0 Å². The van der Waals surface area contributed by atoms with Crippen molar-refractivity contribution in [1.82, 2.24) is 0 Å². The third kappa shape index (κ3) is 3.72. The van der Waals surface area contributed by atoms with E-state index in [0.717, 1.165) is 0 Å². The molecule has 2 atom stereocenters. The molecule has 0 saturated heterocycles. The number of aliphatic carboxylic acids is 1. The molecule has 2 aromatic rings. The number of benzene rings is 2. The lowest BCUT2D eigenvalue weighted by atomic mass is 10.0. The summed E-state index contributed by atoms with van der Waals surface area (Å²) in [5.41, 5.74) is -0.522. The van der Waals surface area contributed by atoms with Gasteiger partial charge in [0.1, 0.15) is 17.1 Å². The van der Waals surface area contributed by atoms with Crippen molar-refractivity contribution in [2.24, 2.45) is 0 Å². The fourth-order valence-corrected chi connectivity index (χ4v) is 2.77. The number of aliphatic hydroxyl groups excluding tert-OH is 2. The van der Waals surface area contributed by atoms with Gasteiger partial charge in [0.25, 0.3) is 5.91 Å². The molecule has 3 rings (SSSR count). The van der Waals surface area contributed by atoms with Crippen LogP contribution < -0.4 is 10.1 Å². The highest BCUT2D eigenvalue weighted by atomic mass is 19.1. The molecule has 146 valence electrons. The van der Waals surface area contributed by atoms with Gasteiger partial charge in [0.15, 0.2) is 12.6 Å². The first kappa shape index (κ1) is 19.5. The number of amides is 1. The first-order valence-electron chi connectivity index (χ1n) is 8.06. The predicted molar refractivity (Wildman–Crippen MR) is 94.8 cm³/mol. The van der Waals surface area contributed by atoms with Gasteiger partial charge < -0.3 is 30.1 Å². The van der Waals surface area contributed by atoms with Crippen molar-refractivity contribution in [2.45, 2.75) is 12.6 Å². The molecule has 2 unspecified atom stereocenters. The van der Waals surface area contributed by atoms with Gasteiger partial charge in [-0.2, -0.15) is 0 Å². The summed E-state index contributed by atoms with van der Waals surface area (Å²) < 4.78 is 24.1. The third-order valence-corrected chi connectivity index (χ3v) is 4.14. The topological polar surface area (TPSA) is 125 Å². The van der Waals surface area contributed by atoms with E-state index in [2.05, 4.69) is 10.1 Å². The van der Waals surface area contributed by atoms with Gasteiger partial charge >= 0.3 is 5.97 Å². The lowest BCUT2D eigenvalue weighted by Gasteiger charge is -2.11. The molecular formula is C19H16FNO7. The van der Waals surface area contributed by atoms with Crippen LogP contribution in [0.25, 0.3) is 11.1 Å². The fourth-order valence-electron chi connectivity index (χ4n) is 2.77. The molecule has 0 saturated carbocycles. The van der Waals surface area contributed by atoms with Crippen molar-refractivity contribution in [3.63, 3.8) is 0 Å². The average molecular weight is 389 g/mol. The van der Waals surface area contributed by atoms with Crippen molar-refractivity contribution in [1.29, 1.82) is 0 Å². The second kappa shape index (κ2) is 7.77. The Labute approximate surface area is 158 Å². The number of rotatable bonds is 5. The molecule has 1 amide bonds. The number of carboxylic acids is 1. The number of hydrogen-bond donors (Lipinski definition) is 4. The molecule has 0 spiro atoms. The van der Waals surface area contributed by atoms with Gasteiger partial charge in [-0.15, -0.1) is 0 Å². The summed E-state index contributed by atoms with van der Waals surface area (Å²) in [5.74, 6) is -2.92. The van der Waals surface area contributed by atoms with Crippen molar-refractivity contribution in [3.8, 4) is 16.9 Å². The molecule has 0 bridgehead atoms. The van der Waals surface area contributed by atoms with Crippen molar-refractivity contribution >= 4 is 17.6 Å². The molecule has 1 aliphatic heterocycles. The van der Waals surface area contributed by atoms with Gasteiger partial charge in [-0.3, -0.25) is 4.79 Å². The Balaban J connectivity index is 1.87. The minimum absolute atomic E-state index is 0.234. The molecule has 1 aliphatic rings. The van der Waals surface area contributed by atoms with E-state index in [1.54, 1.807) is 30.3 Å². The Morgan fingerprint density at radius 2 is 1.75 bits per heavy atom. The van der Waals surface area contributed by atoms with Crippen molar-refractivity contribution in [2.75, 3.05) is 12.4 Å². The van der Waals surface area contributed by atoms with Crippen LogP contribution in [-0.2, 0) is 14.3 Å².